The zero-order valence-electron chi connectivity index (χ0n) is 3.62. The Morgan fingerprint density at radius 1 is 1.17 bits per heavy atom. The van der Waals surface area contributed by atoms with E-state index >= 15 is 0 Å². The summed E-state index contributed by atoms with van der Waals surface area (Å²) in [5, 5.41) is 3.31. The average molecular weight is 113 g/mol. The minimum absolute atomic E-state index is 1.20. The first kappa shape index (κ1) is 4.55. The topological polar surface area (TPSA) is 12.0 Å². The summed E-state index contributed by atoms with van der Waals surface area (Å²) in [6.07, 6.45) is 2.57. The molecule has 4 radical (unpaired) electrons. The number of hydrogen-bond acceptors (Lipinski definition) is 1. The third kappa shape index (κ3) is 1.24. The van der Waals surface area contributed by atoms with Crippen LogP contribution < -0.4 is 5.32 Å². The van der Waals surface area contributed by atoms with Gasteiger partial charge in [-0.15, -0.1) is 0 Å². The second-order valence-electron chi connectivity index (χ2n) is 1.28. The van der Waals surface area contributed by atoms with E-state index in [0.29, 0.717) is 0 Å². The summed E-state index contributed by atoms with van der Waals surface area (Å²) in [7, 11) is 2.41. The third-order valence-corrected chi connectivity index (χ3v) is 3.75. The molecule has 0 atom stereocenters. The summed E-state index contributed by atoms with van der Waals surface area (Å²) in [6.45, 7) is 0. The molecule has 0 unspecified atom stereocenters. The minimum atomic E-state index is 1.20. The first-order chi connectivity index (χ1) is 3.00. The van der Waals surface area contributed by atoms with E-state index in [1.807, 2.05) is 0 Å². The molecule has 0 amide bonds. The predicted molar refractivity (Wildman–Crippen MR) is 29.2 cm³/mol. The smallest absolute Gasteiger partial charge is 0.0529 e. The van der Waals surface area contributed by atoms with Gasteiger partial charge in [0.15, 0.2) is 0 Å². The van der Waals surface area contributed by atoms with Crippen molar-refractivity contribution in [2.45, 2.75) is 5.67 Å². The molecule has 1 N–H and O–H groups in total. The summed E-state index contributed by atoms with van der Waals surface area (Å²) < 4.78 is 0. The van der Waals surface area contributed by atoms with Crippen LogP contribution >= 0.6 is 0 Å². The Hall–Kier alpha value is 0.394. The molecule has 1 aliphatic rings. The second kappa shape index (κ2) is 2.55. The molecule has 1 rings (SSSR count). The SMILES string of the molecule is C1NC[Si]C[Si]1. The van der Waals surface area contributed by atoms with Crippen LogP contribution in [0.2, 0.25) is 5.67 Å². The van der Waals surface area contributed by atoms with Gasteiger partial charge < -0.3 is 5.32 Å². The molecule has 32 valence electrons. The molecule has 1 heterocycles. The van der Waals surface area contributed by atoms with Crippen LogP contribution in [0.15, 0.2) is 0 Å². The molecule has 0 aromatic heterocycles. The Labute approximate surface area is 43.2 Å². The molecule has 1 aliphatic heterocycles. The molecule has 0 aromatic carbocycles. The zero-order chi connectivity index (χ0) is 4.24. The summed E-state index contributed by atoms with van der Waals surface area (Å²) in [4.78, 5) is 0. The van der Waals surface area contributed by atoms with Gasteiger partial charge in [0.1, 0.15) is 0 Å². The highest BCUT2D eigenvalue weighted by molar-refractivity contribution is 6.57. The van der Waals surface area contributed by atoms with Crippen molar-refractivity contribution >= 4 is 19.0 Å². The lowest BCUT2D eigenvalue weighted by Crippen LogP contribution is -2.32. The van der Waals surface area contributed by atoms with Crippen LogP contribution in [-0.2, 0) is 0 Å². The van der Waals surface area contributed by atoms with Crippen molar-refractivity contribution in [1.29, 1.82) is 0 Å². The Kier molecular flexibility index (Phi) is 1.93. The Bertz CT molecular complexity index is 24.3. The van der Waals surface area contributed by atoms with E-state index in [2.05, 4.69) is 5.32 Å². The van der Waals surface area contributed by atoms with Gasteiger partial charge in [-0.1, -0.05) is 5.67 Å². The van der Waals surface area contributed by atoms with E-state index < -0.39 is 0 Å². The summed E-state index contributed by atoms with van der Waals surface area (Å²) in [5.41, 5.74) is 1.49. The van der Waals surface area contributed by atoms with Crippen molar-refractivity contribution in [2.24, 2.45) is 0 Å². The maximum Gasteiger partial charge on any atom is 0.0529 e. The molecular weight excluding hydrogens is 106 g/mol. The molecule has 1 fully saturated rings. The number of hydrogen-bond donors (Lipinski definition) is 1. The monoisotopic (exact) mass is 113 g/mol. The van der Waals surface area contributed by atoms with Crippen LogP contribution in [0.3, 0.4) is 0 Å². The van der Waals surface area contributed by atoms with Gasteiger partial charge >= 0.3 is 0 Å². The standard InChI is InChI=1S/C3H7NSi2/c1-4-2-6-3-5-1/h4H,1-3H2. The maximum absolute atomic E-state index is 3.31. The highest BCUT2D eigenvalue weighted by Crippen LogP contribution is 1.77. The van der Waals surface area contributed by atoms with Crippen molar-refractivity contribution in [2.75, 3.05) is 12.3 Å². The highest BCUT2D eigenvalue weighted by atomic mass is 28.3. The molecule has 0 aliphatic carbocycles. The fraction of sp³-hybridized carbons (Fsp3) is 1.00. The van der Waals surface area contributed by atoms with E-state index in [9.17, 15) is 0 Å². The molecule has 1 saturated heterocycles. The van der Waals surface area contributed by atoms with Crippen molar-refractivity contribution < 1.29 is 0 Å². The van der Waals surface area contributed by atoms with E-state index in [1.54, 1.807) is 0 Å². The van der Waals surface area contributed by atoms with Gasteiger partial charge in [-0.3, -0.25) is 0 Å². The molecule has 1 nitrogen and oxygen atoms in total. The molecule has 3 heteroatoms. The van der Waals surface area contributed by atoms with E-state index in [1.165, 1.54) is 37.0 Å². The number of nitrogens with one attached hydrogen (secondary N) is 1. The van der Waals surface area contributed by atoms with Gasteiger partial charge in [0, 0.05) is 0 Å². The Balaban J connectivity index is 2.00. The van der Waals surface area contributed by atoms with Crippen LogP contribution in [0.1, 0.15) is 0 Å². The van der Waals surface area contributed by atoms with Crippen LogP contribution in [0.4, 0.5) is 0 Å². The van der Waals surface area contributed by atoms with Gasteiger partial charge in [-0.2, -0.15) is 0 Å². The lowest BCUT2D eigenvalue weighted by molar-refractivity contribution is 0.907. The van der Waals surface area contributed by atoms with Crippen molar-refractivity contribution in [3.8, 4) is 0 Å². The first-order valence-corrected chi connectivity index (χ1v) is 4.95. The van der Waals surface area contributed by atoms with Crippen molar-refractivity contribution in [3.05, 3.63) is 0 Å². The lowest BCUT2D eigenvalue weighted by Gasteiger charge is -2.06. The van der Waals surface area contributed by atoms with Gasteiger partial charge in [0.2, 0.25) is 0 Å². The fourth-order valence-corrected chi connectivity index (χ4v) is 3.01. The lowest BCUT2D eigenvalue weighted by atomic mass is 11.2. The largest absolute Gasteiger partial charge is 0.323 e. The average Bonchev–Trinajstić information content (AvgIpc) is 1.72. The minimum Gasteiger partial charge on any atom is -0.323 e. The molecule has 6 heavy (non-hydrogen) atoms. The summed E-state index contributed by atoms with van der Waals surface area (Å²) in [6, 6.07) is 0. The molecule has 0 aromatic rings. The van der Waals surface area contributed by atoms with Crippen molar-refractivity contribution in [3.63, 3.8) is 0 Å². The highest BCUT2D eigenvalue weighted by Gasteiger charge is 1.96. The quantitative estimate of drug-likeness (QED) is 0.409. The summed E-state index contributed by atoms with van der Waals surface area (Å²) in [5.74, 6) is 0. The normalized spacial score (nSPS) is 24.0. The van der Waals surface area contributed by atoms with Gasteiger partial charge in [-0.25, -0.2) is 0 Å². The Morgan fingerprint density at radius 2 is 1.83 bits per heavy atom. The van der Waals surface area contributed by atoms with E-state index in [4.69, 9.17) is 0 Å². The van der Waals surface area contributed by atoms with Gasteiger partial charge in [0.05, 0.1) is 19.0 Å². The second-order valence-corrected chi connectivity index (χ2v) is 4.40. The van der Waals surface area contributed by atoms with Crippen LogP contribution in [0, 0.1) is 0 Å². The fourth-order valence-electron chi connectivity index (χ4n) is 0.453. The molecule has 0 spiro atoms. The van der Waals surface area contributed by atoms with Crippen molar-refractivity contribution in [1.82, 2.24) is 5.32 Å². The first-order valence-electron chi connectivity index (χ1n) is 2.12. The summed E-state index contributed by atoms with van der Waals surface area (Å²) >= 11 is 0. The van der Waals surface area contributed by atoms with Crippen LogP contribution in [-0.4, -0.2) is 31.4 Å². The number of rotatable bonds is 0. The van der Waals surface area contributed by atoms with Gasteiger partial charge in [-0.05, 0) is 12.3 Å². The predicted octanol–water partition coefficient (Wildman–Crippen LogP) is -0.711. The maximum atomic E-state index is 3.31. The third-order valence-electron chi connectivity index (χ3n) is 0.750. The van der Waals surface area contributed by atoms with E-state index in [-0.39, 0.29) is 0 Å². The molecule has 0 saturated carbocycles. The van der Waals surface area contributed by atoms with Crippen LogP contribution in [0.25, 0.3) is 0 Å². The molecule has 0 bridgehead atoms. The zero-order valence-corrected chi connectivity index (χ0v) is 5.62. The molecular formula is C3H7NSi2. The van der Waals surface area contributed by atoms with Gasteiger partial charge in [0.25, 0.3) is 0 Å². The van der Waals surface area contributed by atoms with E-state index in [0.717, 1.165) is 0 Å². The van der Waals surface area contributed by atoms with Crippen LogP contribution in [0.5, 0.6) is 0 Å². The Morgan fingerprint density at radius 3 is 2.00 bits per heavy atom.